The summed E-state index contributed by atoms with van der Waals surface area (Å²) < 4.78 is 13.4. The fourth-order valence-corrected chi connectivity index (χ4v) is 5.10. The number of hydrogen-bond donors (Lipinski definition) is 1. The lowest BCUT2D eigenvalue weighted by molar-refractivity contribution is -0.123. The monoisotopic (exact) mass is 638 g/mol. The zero-order valence-corrected chi connectivity index (χ0v) is 22.4. The minimum atomic E-state index is -0.363. The number of furan rings is 1. The third-order valence-electron chi connectivity index (χ3n) is 4.07. The first-order chi connectivity index (χ1) is 13.4. The third kappa shape index (κ3) is 7.71. The molecule has 1 heterocycles. The Bertz CT molecular complexity index is 879. The Labute approximate surface area is 202 Å². The largest absolute Gasteiger partial charge is 0.481 e. The molecule has 0 bridgehead atoms. The predicted octanol–water partition coefficient (Wildman–Crippen LogP) is 6.65. The van der Waals surface area contributed by atoms with Gasteiger partial charge < -0.3 is 9.15 Å². The molecule has 0 atom stereocenters. The van der Waals surface area contributed by atoms with Crippen LogP contribution in [-0.2, 0) is 10.2 Å². The number of rotatable bonds is 7. The van der Waals surface area contributed by atoms with Crippen LogP contribution in [0.2, 0.25) is 0 Å². The first-order valence-corrected chi connectivity index (χ1v) is 11.7. The Kier molecular flexibility index (Phi) is 8.38. The molecule has 1 aromatic heterocycles. The van der Waals surface area contributed by atoms with Crippen molar-refractivity contribution in [1.82, 2.24) is 5.43 Å². The van der Waals surface area contributed by atoms with Crippen molar-refractivity contribution in [3.8, 4) is 5.75 Å². The van der Waals surface area contributed by atoms with Crippen LogP contribution in [0.25, 0.3) is 0 Å². The number of amides is 1. The SMILES string of the molecule is CC(C)(C)CC(C)(C)c1cc(Br)c(OCC(=O)N/N=C/c2ccc(I)o2)c(Br)c1. The molecular formula is C21H25Br2IN2O3. The molecule has 29 heavy (non-hydrogen) atoms. The second-order valence-corrected chi connectivity index (χ2v) is 11.4. The summed E-state index contributed by atoms with van der Waals surface area (Å²) in [6.07, 6.45) is 2.48. The lowest BCUT2D eigenvalue weighted by Gasteiger charge is -2.33. The molecule has 0 aliphatic carbocycles. The second kappa shape index (κ2) is 9.96. The molecule has 158 valence electrons. The molecule has 5 nitrogen and oxygen atoms in total. The maximum atomic E-state index is 12.0. The highest BCUT2D eigenvalue weighted by Crippen LogP contribution is 2.42. The van der Waals surface area contributed by atoms with E-state index >= 15 is 0 Å². The van der Waals surface area contributed by atoms with Crippen LogP contribution in [0.4, 0.5) is 0 Å². The number of benzene rings is 1. The first kappa shape index (κ1) is 24.4. The quantitative estimate of drug-likeness (QED) is 0.210. The molecule has 0 radical (unpaired) electrons. The Balaban J connectivity index is 2.00. The van der Waals surface area contributed by atoms with Gasteiger partial charge in [-0.1, -0.05) is 34.6 Å². The van der Waals surface area contributed by atoms with Gasteiger partial charge in [-0.3, -0.25) is 4.79 Å². The van der Waals surface area contributed by atoms with Crippen LogP contribution < -0.4 is 10.2 Å². The van der Waals surface area contributed by atoms with Crippen LogP contribution in [0.3, 0.4) is 0 Å². The van der Waals surface area contributed by atoms with Crippen LogP contribution in [-0.4, -0.2) is 18.7 Å². The minimum Gasteiger partial charge on any atom is -0.481 e. The Morgan fingerprint density at radius 3 is 2.34 bits per heavy atom. The maximum Gasteiger partial charge on any atom is 0.277 e. The van der Waals surface area contributed by atoms with E-state index in [1.807, 2.05) is 6.07 Å². The number of carbonyl (C=O) groups excluding carboxylic acids is 1. The van der Waals surface area contributed by atoms with Gasteiger partial charge in [-0.05, 0) is 102 Å². The zero-order valence-electron chi connectivity index (χ0n) is 17.1. The van der Waals surface area contributed by atoms with Crippen LogP contribution in [0.1, 0.15) is 52.4 Å². The Hall–Kier alpha value is -0.870. The van der Waals surface area contributed by atoms with Crippen LogP contribution in [0.5, 0.6) is 5.75 Å². The minimum absolute atomic E-state index is 0.00240. The number of nitrogens with zero attached hydrogens (tertiary/aromatic N) is 1. The van der Waals surface area contributed by atoms with E-state index < -0.39 is 0 Å². The van der Waals surface area contributed by atoms with Crippen LogP contribution >= 0.6 is 54.5 Å². The number of hydrogen-bond acceptors (Lipinski definition) is 4. The topological polar surface area (TPSA) is 63.8 Å². The molecule has 0 fully saturated rings. The van der Waals surface area contributed by atoms with Crippen molar-refractivity contribution in [3.05, 3.63) is 48.3 Å². The second-order valence-electron chi connectivity index (χ2n) is 8.61. The maximum absolute atomic E-state index is 12.0. The molecule has 0 saturated carbocycles. The molecule has 8 heteroatoms. The molecule has 2 rings (SSSR count). The van der Waals surface area contributed by atoms with Gasteiger partial charge in [0.15, 0.2) is 10.4 Å². The van der Waals surface area contributed by atoms with Gasteiger partial charge in [0.05, 0.1) is 15.2 Å². The summed E-state index contributed by atoms with van der Waals surface area (Å²) in [5.74, 6) is 0.785. The van der Waals surface area contributed by atoms with Crippen molar-refractivity contribution < 1.29 is 13.9 Å². The van der Waals surface area contributed by atoms with Crippen molar-refractivity contribution in [3.63, 3.8) is 0 Å². The molecule has 1 N–H and O–H groups in total. The molecule has 0 aliphatic heterocycles. The van der Waals surface area contributed by atoms with Gasteiger partial charge in [0.1, 0.15) is 11.5 Å². The number of carbonyl (C=O) groups is 1. The normalized spacial score (nSPS) is 12.4. The van der Waals surface area contributed by atoms with E-state index in [4.69, 9.17) is 9.15 Å². The van der Waals surface area contributed by atoms with Gasteiger partial charge >= 0.3 is 0 Å². The predicted molar refractivity (Wildman–Crippen MR) is 132 cm³/mol. The highest BCUT2D eigenvalue weighted by molar-refractivity contribution is 14.1. The average molecular weight is 640 g/mol. The summed E-state index contributed by atoms with van der Waals surface area (Å²) >= 11 is 9.21. The number of nitrogens with one attached hydrogen (secondary N) is 1. The summed E-state index contributed by atoms with van der Waals surface area (Å²) in [4.78, 5) is 12.0. The van der Waals surface area contributed by atoms with Crippen molar-refractivity contribution in [1.29, 1.82) is 0 Å². The first-order valence-electron chi connectivity index (χ1n) is 9.07. The van der Waals surface area contributed by atoms with Crippen molar-refractivity contribution in [2.45, 2.75) is 46.5 Å². The van der Waals surface area contributed by atoms with Crippen LogP contribution in [0, 0.1) is 9.18 Å². The number of hydrazone groups is 1. The fraction of sp³-hybridized carbons (Fsp3) is 0.429. The lowest BCUT2D eigenvalue weighted by atomic mass is 9.72. The number of ether oxygens (including phenoxy) is 1. The highest BCUT2D eigenvalue weighted by atomic mass is 127. The lowest BCUT2D eigenvalue weighted by Crippen LogP contribution is -2.26. The Morgan fingerprint density at radius 2 is 1.83 bits per heavy atom. The van der Waals surface area contributed by atoms with E-state index in [0.29, 0.717) is 11.5 Å². The molecule has 0 saturated heterocycles. The van der Waals surface area contributed by atoms with Gasteiger partial charge in [-0.2, -0.15) is 5.10 Å². The van der Waals surface area contributed by atoms with Gasteiger partial charge in [0, 0.05) is 0 Å². The van der Waals surface area contributed by atoms with E-state index in [-0.39, 0.29) is 23.3 Å². The Morgan fingerprint density at radius 1 is 1.21 bits per heavy atom. The van der Waals surface area contributed by atoms with Gasteiger partial charge in [-0.25, -0.2) is 5.43 Å². The van der Waals surface area contributed by atoms with Crippen molar-refractivity contribution in [2.75, 3.05) is 6.61 Å². The summed E-state index contributed by atoms with van der Waals surface area (Å²) in [5.41, 5.74) is 3.83. The molecule has 0 spiro atoms. The van der Waals surface area contributed by atoms with Crippen LogP contribution in [0.15, 0.2) is 42.7 Å². The van der Waals surface area contributed by atoms with Gasteiger partial charge in [-0.15, -0.1) is 0 Å². The summed E-state index contributed by atoms with van der Waals surface area (Å²) in [6.45, 7) is 11.0. The van der Waals surface area contributed by atoms with E-state index in [0.717, 1.165) is 19.1 Å². The third-order valence-corrected chi connectivity index (χ3v) is 5.83. The van der Waals surface area contributed by atoms with Gasteiger partial charge in [0.25, 0.3) is 5.91 Å². The van der Waals surface area contributed by atoms with E-state index in [2.05, 4.69) is 112 Å². The van der Waals surface area contributed by atoms with E-state index in [1.165, 1.54) is 11.8 Å². The summed E-state index contributed by atoms with van der Waals surface area (Å²) in [5, 5.41) is 3.87. The molecule has 0 aliphatic rings. The summed E-state index contributed by atoms with van der Waals surface area (Å²) in [6, 6.07) is 7.69. The smallest absolute Gasteiger partial charge is 0.277 e. The van der Waals surface area contributed by atoms with Gasteiger partial charge in [0.2, 0.25) is 0 Å². The fourth-order valence-electron chi connectivity index (χ4n) is 3.25. The average Bonchev–Trinajstić information content (AvgIpc) is 2.97. The van der Waals surface area contributed by atoms with E-state index in [1.54, 1.807) is 6.07 Å². The number of halogens is 3. The van der Waals surface area contributed by atoms with E-state index in [9.17, 15) is 4.79 Å². The van der Waals surface area contributed by atoms with Crippen molar-refractivity contribution >= 4 is 66.6 Å². The highest BCUT2D eigenvalue weighted by Gasteiger charge is 2.28. The molecule has 2 aromatic rings. The molecular weight excluding hydrogens is 615 g/mol. The molecule has 0 unspecified atom stereocenters. The molecule has 1 amide bonds. The molecule has 1 aromatic carbocycles. The zero-order chi connectivity index (χ0) is 21.8. The standard InChI is InChI=1S/C21H25Br2IN2O3/c1-20(2,3)12-21(4,5)13-8-15(22)19(16(23)9-13)28-11-18(27)26-25-10-14-6-7-17(24)29-14/h6-10H,11-12H2,1-5H3,(H,26,27)/b25-10+. The van der Waals surface area contributed by atoms with Crippen molar-refractivity contribution in [2.24, 2.45) is 10.5 Å². The summed E-state index contributed by atoms with van der Waals surface area (Å²) in [7, 11) is 0.